The van der Waals surface area contributed by atoms with Crippen molar-refractivity contribution in [3.8, 4) is 0 Å². The molecule has 0 saturated carbocycles. The van der Waals surface area contributed by atoms with Gasteiger partial charge in [-0.2, -0.15) is 4.98 Å². The lowest BCUT2D eigenvalue weighted by atomic mass is 10.0. The molecule has 0 unspecified atom stereocenters. The van der Waals surface area contributed by atoms with Gasteiger partial charge >= 0.3 is 0 Å². The number of hydrogen-bond acceptors (Lipinski definition) is 4. The highest BCUT2D eigenvalue weighted by molar-refractivity contribution is 6.32. The van der Waals surface area contributed by atoms with Gasteiger partial charge in [-0.25, -0.2) is 9.50 Å². The normalized spacial score (nSPS) is 11.1. The van der Waals surface area contributed by atoms with Crippen LogP contribution >= 0.6 is 11.6 Å². The van der Waals surface area contributed by atoms with E-state index in [0.717, 1.165) is 41.0 Å². The highest BCUT2D eigenvalue weighted by atomic mass is 35.5. The zero-order valence-corrected chi connectivity index (χ0v) is 15.5. The highest BCUT2D eigenvalue weighted by Gasteiger charge is 2.18. The van der Waals surface area contributed by atoms with Gasteiger partial charge in [0.1, 0.15) is 0 Å². The van der Waals surface area contributed by atoms with Gasteiger partial charge in [0.2, 0.25) is 5.82 Å². The van der Waals surface area contributed by atoms with E-state index in [4.69, 9.17) is 11.6 Å². The van der Waals surface area contributed by atoms with Crippen molar-refractivity contribution in [1.82, 2.24) is 19.6 Å². The summed E-state index contributed by atoms with van der Waals surface area (Å²) in [6.45, 7) is 7.83. The molecule has 1 aromatic carbocycles. The molecule has 0 spiro atoms. The van der Waals surface area contributed by atoms with Crippen molar-refractivity contribution >= 4 is 29.0 Å². The first kappa shape index (κ1) is 17.4. The average Bonchev–Trinajstić information content (AvgIpc) is 3.00. The number of anilines is 1. The largest absolute Gasteiger partial charge is 0.319 e. The van der Waals surface area contributed by atoms with Crippen molar-refractivity contribution in [1.29, 1.82) is 0 Å². The number of carbonyl (C=O) groups excluding carboxylic acids is 1. The van der Waals surface area contributed by atoms with Crippen LogP contribution in [0.5, 0.6) is 0 Å². The first-order valence-corrected chi connectivity index (χ1v) is 8.65. The minimum Gasteiger partial charge on any atom is -0.319 e. The third-order valence-corrected chi connectivity index (χ3v) is 4.49. The fourth-order valence-electron chi connectivity index (χ4n) is 2.90. The molecule has 0 aliphatic carbocycles. The number of carbonyl (C=O) groups is 1. The lowest BCUT2D eigenvalue weighted by molar-refractivity contribution is 0.101. The van der Waals surface area contributed by atoms with E-state index in [1.165, 1.54) is 0 Å². The summed E-state index contributed by atoms with van der Waals surface area (Å²) in [6.07, 6.45) is 1.51. The molecular formula is C18H20ClN5O. The number of aryl methyl sites for hydroxylation is 3. The number of hydrogen-bond donors (Lipinski definition) is 1. The van der Waals surface area contributed by atoms with E-state index in [2.05, 4.69) is 20.4 Å². The second-order valence-electron chi connectivity index (χ2n) is 5.91. The second kappa shape index (κ2) is 6.80. The lowest BCUT2D eigenvalue weighted by Crippen LogP contribution is -2.17. The predicted octanol–water partition coefficient (Wildman–Crippen LogP) is 3.77. The maximum absolute atomic E-state index is 12.7. The third kappa shape index (κ3) is 3.22. The van der Waals surface area contributed by atoms with Gasteiger partial charge in [0, 0.05) is 22.1 Å². The summed E-state index contributed by atoms with van der Waals surface area (Å²) in [5, 5.41) is 7.87. The number of fused-ring (bicyclic) bond motifs is 1. The number of aromatic nitrogens is 4. The molecule has 0 fully saturated rings. The van der Waals surface area contributed by atoms with Gasteiger partial charge in [-0.05, 0) is 49.9 Å². The highest BCUT2D eigenvalue weighted by Crippen LogP contribution is 2.29. The standard InChI is InChI=1S/C18H20ClN5O/c1-5-12-7-8-14(19)13(6-2)15(12)21-17(25)16-22-18-20-10(3)9-11(4)24(18)23-16/h7-9H,5-6H2,1-4H3,(H,21,25). The Labute approximate surface area is 151 Å². The van der Waals surface area contributed by atoms with Crippen LogP contribution in [-0.2, 0) is 12.8 Å². The molecule has 3 aromatic rings. The smallest absolute Gasteiger partial charge is 0.295 e. The Kier molecular flexibility index (Phi) is 4.72. The van der Waals surface area contributed by atoms with Crippen LogP contribution in [0.25, 0.3) is 5.78 Å². The first-order valence-electron chi connectivity index (χ1n) is 8.27. The second-order valence-corrected chi connectivity index (χ2v) is 6.31. The quantitative estimate of drug-likeness (QED) is 0.771. The van der Waals surface area contributed by atoms with Gasteiger partial charge in [-0.15, -0.1) is 5.10 Å². The fourth-order valence-corrected chi connectivity index (χ4v) is 3.19. The molecule has 2 aromatic heterocycles. The van der Waals surface area contributed by atoms with Crippen LogP contribution < -0.4 is 5.32 Å². The number of halogens is 1. The number of amides is 1. The fraction of sp³-hybridized carbons (Fsp3) is 0.333. The van der Waals surface area contributed by atoms with Crippen molar-refractivity contribution in [2.45, 2.75) is 40.5 Å². The number of nitrogens with zero attached hydrogens (tertiary/aromatic N) is 4. The van der Waals surface area contributed by atoms with Crippen LogP contribution in [0.15, 0.2) is 18.2 Å². The Hall–Kier alpha value is -2.47. The Bertz CT molecular complexity index is 964. The van der Waals surface area contributed by atoms with E-state index in [1.54, 1.807) is 4.52 Å². The molecule has 6 nitrogen and oxygen atoms in total. The van der Waals surface area contributed by atoms with Crippen molar-refractivity contribution in [3.05, 3.63) is 51.6 Å². The molecule has 0 saturated heterocycles. The Balaban J connectivity index is 2.01. The van der Waals surface area contributed by atoms with Crippen molar-refractivity contribution < 1.29 is 4.79 Å². The monoisotopic (exact) mass is 357 g/mol. The minimum atomic E-state index is -0.366. The molecule has 25 heavy (non-hydrogen) atoms. The topological polar surface area (TPSA) is 72.2 Å². The summed E-state index contributed by atoms with van der Waals surface area (Å²) in [7, 11) is 0. The molecule has 0 bridgehead atoms. The maximum atomic E-state index is 12.7. The molecule has 130 valence electrons. The Morgan fingerprint density at radius 3 is 2.64 bits per heavy atom. The van der Waals surface area contributed by atoms with Gasteiger partial charge in [0.25, 0.3) is 11.7 Å². The van der Waals surface area contributed by atoms with Crippen molar-refractivity contribution in [2.75, 3.05) is 5.32 Å². The Morgan fingerprint density at radius 2 is 1.96 bits per heavy atom. The van der Waals surface area contributed by atoms with E-state index < -0.39 is 0 Å². The summed E-state index contributed by atoms with van der Waals surface area (Å²) in [4.78, 5) is 21.3. The number of rotatable bonds is 4. The summed E-state index contributed by atoms with van der Waals surface area (Å²) in [6, 6.07) is 5.70. The summed E-state index contributed by atoms with van der Waals surface area (Å²) < 4.78 is 1.57. The first-order chi connectivity index (χ1) is 11.9. The molecule has 2 heterocycles. The van der Waals surface area contributed by atoms with Gasteiger partial charge in [-0.1, -0.05) is 31.5 Å². The number of benzene rings is 1. The van der Waals surface area contributed by atoms with Crippen molar-refractivity contribution in [3.63, 3.8) is 0 Å². The molecular weight excluding hydrogens is 338 g/mol. The van der Waals surface area contributed by atoms with Gasteiger partial charge in [0.05, 0.1) is 0 Å². The van der Waals surface area contributed by atoms with Crippen LogP contribution in [0, 0.1) is 13.8 Å². The average molecular weight is 358 g/mol. The summed E-state index contributed by atoms with van der Waals surface area (Å²) in [5.74, 6) is 0.139. The molecule has 1 amide bonds. The third-order valence-electron chi connectivity index (χ3n) is 4.14. The van der Waals surface area contributed by atoms with E-state index in [9.17, 15) is 4.79 Å². The molecule has 0 aliphatic heterocycles. The SMILES string of the molecule is CCc1ccc(Cl)c(CC)c1NC(=O)c1nc2nc(C)cc(C)n2n1. The molecule has 0 radical (unpaired) electrons. The van der Waals surface area contributed by atoms with Crippen LogP contribution in [-0.4, -0.2) is 25.5 Å². The van der Waals surface area contributed by atoms with E-state index in [0.29, 0.717) is 10.8 Å². The van der Waals surface area contributed by atoms with Crippen LogP contribution in [0.3, 0.4) is 0 Å². The Morgan fingerprint density at radius 1 is 1.20 bits per heavy atom. The summed E-state index contributed by atoms with van der Waals surface area (Å²) in [5.41, 5.74) is 4.41. The zero-order chi connectivity index (χ0) is 18.1. The number of nitrogens with one attached hydrogen (secondary N) is 1. The van der Waals surface area contributed by atoms with E-state index in [-0.39, 0.29) is 11.7 Å². The van der Waals surface area contributed by atoms with Gasteiger partial charge in [-0.3, -0.25) is 4.79 Å². The molecule has 7 heteroatoms. The molecule has 1 N–H and O–H groups in total. The molecule has 0 atom stereocenters. The van der Waals surface area contributed by atoms with Crippen molar-refractivity contribution in [2.24, 2.45) is 0 Å². The lowest BCUT2D eigenvalue weighted by Gasteiger charge is -2.15. The van der Waals surface area contributed by atoms with E-state index >= 15 is 0 Å². The molecule has 3 rings (SSSR count). The maximum Gasteiger partial charge on any atom is 0.295 e. The summed E-state index contributed by atoms with van der Waals surface area (Å²) >= 11 is 6.29. The molecule has 0 aliphatic rings. The van der Waals surface area contributed by atoms with E-state index in [1.807, 2.05) is 45.9 Å². The predicted molar refractivity (Wildman–Crippen MR) is 98.4 cm³/mol. The van der Waals surface area contributed by atoms with Crippen LogP contribution in [0.4, 0.5) is 5.69 Å². The minimum absolute atomic E-state index is 0.0882. The van der Waals surface area contributed by atoms with Crippen LogP contribution in [0.1, 0.15) is 47.0 Å². The van der Waals surface area contributed by atoms with Gasteiger partial charge in [0.15, 0.2) is 0 Å². The van der Waals surface area contributed by atoms with Crippen LogP contribution in [0.2, 0.25) is 5.02 Å². The van der Waals surface area contributed by atoms with Gasteiger partial charge < -0.3 is 5.32 Å². The zero-order valence-electron chi connectivity index (χ0n) is 14.7.